The van der Waals surface area contributed by atoms with Gasteiger partial charge in [-0.2, -0.15) is 10.1 Å². The highest BCUT2D eigenvalue weighted by Crippen LogP contribution is 2.25. The molecule has 3 aromatic rings. The zero-order valence-electron chi connectivity index (χ0n) is 16.3. The first-order chi connectivity index (χ1) is 13.7. The highest BCUT2D eigenvalue weighted by atomic mass is 15.3. The van der Waals surface area contributed by atoms with Crippen LogP contribution in [0.4, 0.5) is 17.5 Å². The van der Waals surface area contributed by atoms with Gasteiger partial charge in [0.2, 0.25) is 5.95 Å². The molecule has 1 N–H and O–H groups in total. The summed E-state index contributed by atoms with van der Waals surface area (Å²) in [7, 11) is 0. The van der Waals surface area contributed by atoms with Gasteiger partial charge in [0.05, 0.1) is 6.20 Å². The van der Waals surface area contributed by atoms with E-state index in [4.69, 9.17) is 0 Å². The average Bonchev–Trinajstić information content (AvgIpc) is 2.75. The van der Waals surface area contributed by atoms with E-state index in [9.17, 15) is 0 Å². The van der Waals surface area contributed by atoms with Gasteiger partial charge in [-0.1, -0.05) is 18.2 Å². The summed E-state index contributed by atoms with van der Waals surface area (Å²) in [5, 5.41) is 11.5. The lowest BCUT2D eigenvalue weighted by Crippen LogP contribution is -2.47. The largest absolute Gasteiger partial charge is 0.368 e. The minimum absolute atomic E-state index is 0.540. The summed E-state index contributed by atoms with van der Waals surface area (Å²) >= 11 is 0. The summed E-state index contributed by atoms with van der Waals surface area (Å²) in [5.74, 6) is 1.41. The van der Waals surface area contributed by atoms with Crippen molar-refractivity contribution in [2.75, 3.05) is 41.3 Å². The Kier molecular flexibility index (Phi) is 5.32. The van der Waals surface area contributed by atoms with Crippen LogP contribution in [0.3, 0.4) is 0 Å². The third kappa shape index (κ3) is 4.03. The molecule has 0 spiro atoms. The quantitative estimate of drug-likeness (QED) is 0.735. The molecule has 0 radical (unpaired) electrons. The van der Waals surface area contributed by atoms with Crippen molar-refractivity contribution in [3.05, 3.63) is 65.6 Å². The molecule has 7 heteroatoms. The van der Waals surface area contributed by atoms with E-state index in [-0.39, 0.29) is 0 Å². The monoisotopic (exact) mass is 375 g/mol. The number of hydrogen-bond donors (Lipinski definition) is 1. The van der Waals surface area contributed by atoms with Gasteiger partial charge >= 0.3 is 0 Å². The smallest absolute Gasteiger partial charge is 0.244 e. The van der Waals surface area contributed by atoms with E-state index in [0.717, 1.165) is 37.6 Å². The number of pyridine rings is 1. The van der Waals surface area contributed by atoms with Gasteiger partial charge in [-0.25, -0.2) is 0 Å². The Morgan fingerprint density at radius 1 is 0.964 bits per heavy atom. The molecule has 4 rings (SSSR count). The molecule has 1 fully saturated rings. The van der Waals surface area contributed by atoms with Crippen LogP contribution in [0.15, 0.2) is 48.9 Å². The first-order valence-electron chi connectivity index (χ1n) is 9.59. The molecule has 2 aromatic heterocycles. The molecule has 1 aliphatic heterocycles. The lowest BCUT2D eigenvalue weighted by molar-refractivity contribution is 0.643. The van der Waals surface area contributed by atoms with Crippen molar-refractivity contribution in [2.45, 2.75) is 20.4 Å². The van der Waals surface area contributed by atoms with E-state index in [2.05, 4.69) is 67.3 Å². The summed E-state index contributed by atoms with van der Waals surface area (Å²) in [4.78, 5) is 13.5. The molecule has 7 nitrogen and oxygen atoms in total. The number of piperazine rings is 1. The van der Waals surface area contributed by atoms with Gasteiger partial charge in [0.25, 0.3) is 0 Å². The van der Waals surface area contributed by atoms with Crippen LogP contribution in [0.5, 0.6) is 0 Å². The molecule has 0 atom stereocenters. The van der Waals surface area contributed by atoms with Crippen LogP contribution in [-0.2, 0) is 6.54 Å². The van der Waals surface area contributed by atoms with Crippen molar-refractivity contribution in [2.24, 2.45) is 0 Å². The second-order valence-corrected chi connectivity index (χ2v) is 7.05. The molecular formula is C21H25N7. The molecule has 3 heterocycles. The molecule has 0 aliphatic carbocycles. The van der Waals surface area contributed by atoms with Gasteiger partial charge in [-0.3, -0.25) is 4.98 Å². The Hall–Kier alpha value is -3.22. The van der Waals surface area contributed by atoms with Gasteiger partial charge in [-0.05, 0) is 42.7 Å². The molecule has 0 saturated carbocycles. The Morgan fingerprint density at radius 3 is 2.57 bits per heavy atom. The first kappa shape index (κ1) is 18.2. The molecule has 1 aliphatic rings. The Labute approximate surface area is 165 Å². The molecular weight excluding hydrogens is 350 g/mol. The van der Waals surface area contributed by atoms with E-state index in [1.165, 1.54) is 16.8 Å². The maximum Gasteiger partial charge on any atom is 0.244 e. The first-order valence-corrected chi connectivity index (χ1v) is 9.59. The molecule has 0 amide bonds. The predicted molar refractivity (Wildman–Crippen MR) is 112 cm³/mol. The van der Waals surface area contributed by atoms with Crippen molar-refractivity contribution >= 4 is 17.5 Å². The van der Waals surface area contributed by atoms with E-state index in [1.54, 1.807) is 12.4 Å². The zero-order valence-corrected chi connectivity index (χ0v) is 16.3. The van der Waals surface area contributed by atoms with Gasteiger partial charge in [0, 0.05) is 50.8 Å². The fourth-order valence-electron chi connectivity index (χ4n) is 3.46. The number of benzene rings is 1. The summed E-state index contributed by atoms with van der Waals surface area (Å²) in [5.41, 5.74) is 5.11. The molecule has 144 valence electrons. The van der Waals surface area contributed by atoms with Gasteiger partial charge < -0.3 is 15.1 Å². The minimum atomic E-state index is 0.540. The van der Waals surface area contributed by atoms with E-state index < -0.39 is 0 Å². The van der Waals surface area contributed by atoms with Crippen molar-refractivity contribution < 1.29 is 0 Å². The van der Waals surface area contributed by atoms with E-state index in [1.807, 2.05) is 18.3 Å². The van der Waals surface area contributed by atoms with E-state index >= 15 is 0 Å². The lowest BCUT2D eigenvalue weighted by Gasteiger charge is -2.37. The van der Waals surface area contributed by atoms with Gasteiger partial charge in [0.15, 0.2) is 5.82 Å². The van der Waals surface area contributed by atoms with Crippen LogP contribution in [-0.4, -0.2) is 46.3 Å². The summed E-state index contributed by atoms with van der Waals surface area (Å²) in [6.07, 6.45) is 5.33. The predicted octanol–water partition coefficient (Wildman–Crippen LogP) is 2.82. The Bertz CT molecular complexity index is 921. The second-order valence-electron chi connectivity index (χ2n) is 7.05. The average molecular weight is 375 g/mol. The third-order valence-electron chi connectivity index (χ3n) is 5.24. The molecule has 1 saturated heterocycles. The summed E-state index contributed by atoms with van der Waals surface area (Å²) < 4.78 is 0. The van der Waals surface area contributed by atoms with Crippen LogP contribution < -0.4 is 15.1 Å². The fraction of sp³-hybridized carbons (Fsp3) is 0.333. The molecule has 0 unspecified atom stereocenters. The van der Waals surface area contributed by atoms with Crippen LogP contribution in [0.2, 0.25) is 0 Å². The van der Waals surface area contributed by atoms with Crippen LogP contribution in [0, 0.1) is 13.8 Å². The lowest BCUT2D eigenvalue weighted by atomic mass is 10.1. The van der Waals surface area contributed by atoms with Crippen molar-refractivity contribution in [3.8, 4) is 0 Å². The summed E-state index contributed by atoms with van der Waals surface area (Å²) in [6, 6.07) is 10.5. The highest BCUT2D eigenvalue weighted by Gasteiger charge is 2.20. The van der Waals surface area contributed by atoms with Crippen molar-refractivity contribution in [1.29, 1.82) is 0 Å². The number of hydrogen-bond acceptors (Lipinski definition) is 7. The summed E-state index contributed by atoms with van der Waals surface area (Å²) in [6.45, 7) is 8.74. The minimum Gasteiger partial charge on any atom is -0.368 e. The van der Waals surface area contributed by atoms with Gasteiger partial charge in [0.1, 0.15) is 0 Å². The molecule has 1 aromatic carbocycles. The number of rotatable bonds is 5. The maximum absolute atomic E-state index is 4.64. The standard InChI is InChI=1S/C21H25N7/c1-16-5-3-7-19(17(16)2)27-9-11-28(12-10-27)20-15-24-26-21(25-20)23-14-18-6-4-8-22-13-18/h3-8,13,15H,9-12,14H2,1-2H3,(H,23,25,26). The third-order valence-corrected chi connectivity index (χ3v) is 5.24. The van der Waals surface area contributed by atoms with Crippen LogP contribution in [0.1, 0.15) is 16.7 Å². The zero-order chi connectivity index (χ0) is 19.3. The Morgan fingerprint density at radius 2 is 1.79 bits per heavy atom. The number of anilines is 3. The fourth-order valence-corrected chi connectivity index (χ4v) is 3.46. The number of aryl methyl sites for hydroxylation is 1. The number of nitrogens with one attached hydrogen (secondary N) is 1. The number of aromatic nitrogens is 4. The van der Waals surface area contributed by atoms with Crippen molar-refractivity contribution in [1.82, 2.24) is 20.2 Å². The molecule has 28 heavy (non-hydrogen) atoms. The van der Waals surface area contributed by atoms with Crippen LogP contribution in [0.25, 0.3) is 0 Å². The van der Waals surface area contributed by atoms with Gasteiger partial charge in [-0.15, -0.1) is 5.10 Å². The SMILES string of the molecule is Cc1cccc(N2CCN(c3cnnc(NCc4cccnc4)n3)CC2)c1C. The highest BCUT2D eigenvalue weighted by molar-refractivity contribution is 5.57. The Balaban J connectivity index is 1.39. The van der Waals surface area contributed by atoms with Crippen molar-refractivity contribution in [3.63, 3.8) is 0 Å². The van der Waals surface area contributed by atoms with Crippen LogP contribution >= 0.6 is 0 Å². The normalized spacial score (nSPS) is 14.2. The number of nitrogens with zero attached hydrogens (tertiary/aromatic N) is 6. The van der Waals surface area contributed by atoms with E-state index in [0.29, 0.717) is 12.5 Å². The maximum atomic E-state index is 4.64. The topological polar surface area (TPSA) is 70.1 Å². The second kappa shape index (κ2) is 8.21. The molecule has 0 bridgehead atoms.